The van der Waals surface area contributed by atoms with Gasteiger partial charge < -0.3 is 200 Å². The molecule has 510 valence electrons. The molecule has 40 nitrogen and oxygen atoms in total. The third kappa shape index (κ3) is 14.5. The van der Waals surface area contributed by atoms with Gasteiger partial charge in [-0.2, -0.15) is 0 Å². The Morgan fingerprint density at radius 3 is 0.898 bits per heavy atom. The third-order valence-corrected chi connectivity index (χ3v) is 15.3. The molecule has 4 saturated heterocycles. The van der Waals surface area contributed by atoms with E-state index in [0.717, 1.165) is 0 Å². The second kappa shape index (κ2) is 31.1. The fraction of sp³-hybridized carbons (Fsp3) is 0.833. The van der Waals surface area contributed by atoms with Gasteiger partial charge in [-0.05, 0) is 0 Å². The normalized spacial score (nSPS) is 48.6. The van der Waals surface area contributed by atoms with Crippen LogP contribution in [0.25, 0.3) is 0 Å². The Morgan fingerprint density at radius 1 is 0.318 bits per heavy atom. The van der Waals surface area contributed by atoms with E-state index in [1.807, 2.05) is 0 Å². The van der Waals surface area contributed by atoms with Crippen LogP contribution in [0.1, 0.15) is 25.7 Å². The Labute approximate surface area is 495 Å². The first kappa shape index (κ1) is 73.1. The summed E-state index contributed by atoms with van der Waals surface area (Å²) in [4.78, 5) is 0. The molecule has 0 radical (unpaired) electrons. The molecular weight excluding hydrogens is 1220 g/mol. The van der Waals surface area contributed by atoms with Crippen LogP contribution in [0.15, 0.2) is 46.1 Å². The lowest BCUT2D eigenvalue weighted by Crippen LogP contribution is -2.96. The SMILES string of the molecule is OCCC1OC2OC(CO)C(OC(O)/C(O)=C(/O)C(CCO)OC3OC(CO)C(OC4OC5(CO)C(OC(O)/C(O)=C(\O)C(CCO)OC6OC(CO)C(OC(O)/C(O)=C(\O)C(CCO)OC(O)/C(O)=C\1O)C(O)C6O)C(O)C45O)C(O)C3O)C(O)C2O. The largest absolute Gasteiger partial charge is 0.506 e. The molecule has 1 saturated carbocycles. The Morgan fingerprint density at radius 2 is 0.602 bits per heavy atom. The fourth-order valence-electron chi connectivity index (χ4n) is 10.3. The molecule has 0 aromatic heterocycles. The van der Waals surface area contributed by atoms with Crippen LogP contribution in [0.3, 0.4) is 0 Å². The van der Waals surface area contributed by atoms with E-state index < -0.39 is 296 Å². The average Bonchev–Trinajstić information content (AvgIpc) is 0.669. The number of ether oxygens (including phenoxy) is 12. The van der Waals surface area contributed by atoms with E-state index in [2.05, 4.69) is 0 Å². The molecule has 5 fully saturated rings. The molecule has 28 unspecified atom stereocenters. The molecule has 9 aliphatic rings. The number of aliphatic hydroxyl groups excluding tert-OH is 27. The van der Waals surface area contributed by atoms with Gasteiger partial charge in [-0.25, -0.2) is 0 Å². The average molecular weight is 1300 g/mol. The number of hydrogen-bond donors (Lipinski definition) is 28. The minimum atomic E-state index is -2.83. The molecule has 28 N–H and O–H groups in total. The van der Waals surface area contributed by atoms with Crippen LogP contribution in [-0.4, -0.2) is 367 Å². The maximum Gasteiger partial charge on any atom is 0.218 e. The van der Waals surface area contributed by atoms with Gasteiger partial charge in [0.2, 0.25) is 25.2 Å². The summed E-state index contributed by atoms with van der Waals surface area (Å²) in [6.07, 6.45) is -62.0. The highest BCUT2D eigenvalue weighted by Gasteiger charge is 2.86. The minimum Gasteiger partial charge on any atom is -0.506 e. The molecule has 0 aromatic carbocycles. The smallest absolute Gasteiger partial charge is 0.218 e. The maximum absolute atomic E-state index is 11.7. The van der Waals surface area contributed by atoms with E-state index >= 15 is 0 Å². The maximum atomic E-state index is 11.7. The van der Waals surface area contributed by atoms with Crippen LogP contribution in [0.4, 0.5) is 0 Å². The van der Waals surface area contributed by atoms with Crippen molar-refractivity contribution in [2.45, 2.75) is 197 Å². The molecule has 1 aliphatic carbocycles. The second-order valence-corrected chi connectivity index (χ2v) is 20.8. The van der Waals surface area contributed by atoms with Gasteiger partial charge in [0.05, 0.1) is 26.4 Å². The van der Waals surface area contributed by atoms with E-state index in [0.29, 0.717) is 0 Å². The Hall–Kier alpha value is -3.92. The fourth-order valence-corrected chi connectivity index (χ4v) is 10.3. The molecule has 88 heavy (non-hydrogen) atoms. The molecular formula is C48H78O40. The van der Waals surface area contributed by atoms with Crippen molar-refractivity contribution in [3.63, 3.8) is 0 Å². The Kier molecular flexibility index (Phi) is 25.9. The molecule has 8 aliphatic heterocycles. The van der Waals surface area contributed by atoms with Crippen LogP contribution in [-0.2, 0) is 56.8 Å². The van der Waals surface area contributed by atoms with E-state index in [4.69, 9.17) is 56.8 Å². The molecule has 40 heteroatoms. The van der Waals surface area contributed by atoms with Crippen LogP contribution in [0, 0.1) is 0 Å². The monoisotopic (exact) mass is 1290 g/mol. The zero-order valence-electron chi connectivity index (χ0n) is 45.9. The summed E-state index contributed by atoms with van der Waals surface area (Å²) in [6, 6.07) is 0. The topological polar surface area (TPSA) is 677 Å². The van der Waals surface area contributed by atoms with Crippen molar-refractivity contribution in [1.29, 1.82) is 0 Å². The zero-order chi connectivity index (χ0) is 65.6. The lowest BCUT2D eigenvalue weighted by Gasteiger charge is -2.72. The van der Waals surface area contributed by atoms with E-state index in [1.54, 1.807) is 0 Å². The highest BCUT2D eigenvalue weighted by molar-refractivity contribution is 5.32. The number of rotatable bonds is 12. The number of aliphatic hydroxyl groups is 28. The highest BCUT2D eigenvalue weighted by atomic mass is 16.8. The summed E-state index contributed by atoms with van der Waals surface area (Å²) in [6.45, 7) is -8.61. The lowest BCUT2D eigenvalue weighted by atomic mass is 9.55. The van der Waals surface area contributed by atoms with Crippen molar-refractivity contribution in [3.8, 4) is 0 Å². The van der Waals surface area contributed by atoms with Gasteiger partial charge in [0.25, 0.3) is 0 Å². The van der Waals surface area contributed by atoms with Crippen molar-refractivity contribution < 1.29 is 200 Å². The zero-order valence-corrected chi connectivity index (χ0v) is 45.9. The minimum absolute atomic E-state index is 0.745. The molecule has 0 aromatic rings. The van der Waals surface area contributed by atoms with Gasteiger partial charge in [-0.3, -0.25) is 0 Å². The van der Waals surface area contributed by atoms with Gasteiger partial charge in [0.15, 0.2) is 82.4 Å². The molecule has 9 rings (SSSR count). The first-order valence-corrected chi connectivity index (χ1v) is 27.0. The van der Waals surface area contributed by atoms with Gasteiger partial charge in [-0.15, -0.1) is 0 Å². The molecule has 8 heterocycles. The third-order valence-electron chi connectivity index (χ3n) is 15.3. The molecule has 0 spiro atoms. The predicted octanol–water partition coefficient (Wildman–Crippen LogP) is -11.3. The number of fused-ring (bicyclic) bond motifs is 3. The van der Waals surface area contributed by atoms with Crippen molar-refractivity contribution >= 4 is 0 Å². The summed E-state index contributed by atoms with van der Waals surface area (Å²) < 4.78 is 64.9. The van der Waals surface area contributed by atoms with Gasteiger partial charge in [-0.1, -0.05) is 0 Å². The highest BCUT2D eigenvalue weighted by Crippen LogP contribution is 2.60. The Bertz CT molecular complexity index is 2360. The molecule has 0 amide bonds. The summed E-state index contributed by atoms with van der Waals surface area (Å²) in [5, 5.41) is 302. The van der Waals surface area contributed by atoms with Gasteiger partial charge in [0, 0.05) is 52.1 Å². The second-order valence-electron chi connectivity index (χ2n) is 20.8. The quantitative estimate of drug-likeness (QED) is 0.0863. The van der Waals surface area contributed by atoms with Crippen LogP contribution in [0.5, 0.6) is 0 Å². The first-order valence-electron chi connectivity index (χ1n) is 27.0. The van der Waals surface area contributed by atoms with E-state index in [9.17, 15) is 143 Å². The molecule has 8 bridgehead atoms. The van der Waals surface area contributed by atoms with Crippen LogP contribution >= 0.6 is 0 Å². The van der Waals surface area contributed by atoms with Crippen molar-refractivity contribution in [3.05, 3.63) is 46.1 Å². The van der Waals surface area contributed by atoms with E-state index in [-0.39, 0.29) is 0 Å². The van der Waals surface area contributed by atoms with E-state index in [1.165, 1.54) is 0 Å². The van der Waals surface area contributed by atoms with Crippen molar-refractivity contribution in [2.75, 3.05) is 52.9 Å². The van der Waals surface area contributed by atoms with Crippen molar-refractivity contribution in [1.82, 2.24) is 0 Å². The first-order chi connectivity index (χ1) is 41.5. The summed E-state index contributed by atoms with van der Waals surface area (Å²) in [5.74, 6) is -12.3. The van der Waals surface area contributed by atoms with Crippen LogP contribution in [0.2, 0.25) is 0 Å². The standard InChI is InChI=1S/C48H78O40/c49-5-1-13-20(57)28(65)40(73)84-34-17(9-53)82-44(32(69)24(34)61)80-16(4-8-52)23(60)30(67)42(75)87-38-37(71)48(76)46(88-47(38,48)12-56)86-36-19(11-55)83-45(33(70)26(36)63)79-15(3-7-51)22(59)29(66)41(74)85-35-18(10-54)81-43(31(68)25(35)62)78-14(2-6-50)21(58)27(64)39(72)77-13/h13-19,24-26,31-46,49-76H,1-12H2/b27-21-,28-20+,29-22-,30-23+. The summed E-state index contributed by atoms with van der Waals surface area (Å²) in [7, 11) is 0. The van der Waals surface area contributed by atoms with Crippen LogP contribution < -0.4 is 0 Å². The summed E-state index contributed by atoms with van der Waals surface area (Å²) in [5.41, 5.74) is -5.30. The molecule has 28 atom stereocenters. The van der Waals surface area contributed by atoms with Gasteiger partial charge in [0.1, 0.15) is 110 Å². The van der Waals surface area contributed by atoms with Gasteiger partial charge >= 0.3 is 0 Å². The Balaban J connectivity index is 1.34. The summed E-state index contributed by atoms with van der Waals surface area (Å²) >= 11 is 0. The number of hydrogen-bond acceptors (Lipinski definition) is 40. The van der Waals surface area contributed by atoms with Crippen molar-refractivity contribution in [2.24, 2.45) is 0 Å². The lowest BCUT2D eigenvalue weighted by molar-refractivity contribution is -0.539. The predicted molar refractivity (Wildman–Crippen MR) is 268 cm³/mol.